The summed E-state index contributed by atoms with van der Waals surface area (Å²) in [6.07, 6.45) is 0. The lowest BCUT2D eigenvalue weighted by atomic mass is 10.2. The average Bonchev–Trinajstić information content (AvgIpc) is 3.05. The lowest BCUT2D eigenvalue weighted by Crippen LogP contribution is -2.42. The molecule has 0 aliphatic heterocycles. The van der Waals surface area contributed by atoms with Gasteiger partial charge in [-0.3, -0.25) is 20.4 Å². The highest BCUT2D eigenvalue weighted by atomic mass is 32.2. The predicted octanol–water partition coefficient (Wildman–Crippen LogP) is 2.19. The van der Waals surface area contributed by atoms with Crippen LogP contribution in [0.4, 0.5) is 0 Å². The molecule has 0 saturated carbocycles. The van der Waals surface area contributed by atoms with E-state index in [1.165, 1.54) is 11.8 Å². The van der Waals surface area contributed by atoms with Crippen molar-refractivity contribution in [1.82, 2.24) is 25.6 Å². The van der Waals surface area contributed by atoms with Gasteiger partial charge in [0.05, 0.1) is 12.3 Å². The van der Waals surface area contributed by atoms with Gasteiger partial charge in [-0.25, -0.2) is 0 Å². The molecule has 0 aliphatic carbocycles. The second kappa shape index (κ2) is 9.00. The summed E-state index contributed by atoms with van der Waals surface area (Å²) >= 11 is 1.27. The van der Waals surface area contributed by atoms with Crippen molar-refractivity contribution >= 4 is 23.6 Å². The number of aryl methyl sites for hydroxylation is 1. The summed E-state index contributed by atoms with van der Waals surface area (Å²) in [5.74, 6) is 0.203. The minimum absolute atomic E-state index is 0.113. The van der Waals surface area contributed by atoms with E-state index in [-0.39, 0.29) is 17.6 Å². The van der Waals surface area contributed by atoms with Crippen molar-refractivity contribution in [3.63, 3.8) is 0 Å². The average molecular weight is 381 g/mol. The van der Waals surface area contributed by atoms with E-state index in [0.29, 0.717) is 17.3 Å². The van der Waals surface area contributed by atoms with Gasteiger partial charge in [-0.1, -0.05) is 60.3 Å². The van der Waals surface area contributed by atoms with Crippen molar-refractivity contribution in [3.05, 3.63) is 77.6 Å². The molecular formula is C19H19N5O2S. The monoisotopic (exact) mass is 381 g/mol. The molecule has 27 heavy (non-hydrogen) atoms. The molecule has 0 aliphatic rings. The molecule has 0 unspecified atom stereocenters. The van der Waals surface area contributed by atoms with Crippen LogP contribution in [-0.4, -0.2) is 32.3 Å². The highest BCUT2D eigenvalue weighted by molar-refractivity contribution is 7.99. The number of nitrogens with zero attached hydrogens (tertiary/aromatic N) is 3. The highest BCUT2D eigenvalue weighted by Crippen LogP contribution is 2.18. The van der Waals surface area contributed by atoms with E-state index < -0.39 is 0 Å². The summed E-state index contributed by atoms with van der Waals surface area (Å²) in [5.41, 5.74) is 6.41. The van der Waals surface area contributed by atoms with Gasteiger partial charge in [-0.05, 0) is 24.6 Å². The first-order valence-corrected chi connectivity index (χ1v) is 9.33. The Morgan fingerprint density at radius 2 is 1.63 bits per heavy atom. The third kappa shape index (κ3) is 5.18. The lowest BCUT2D eigenvalue weighted by molar-refractivity contribution is -0.119. The fraction of sp³-hybridized carbons (Fsp3) is 0.158. The van der Waals surface area contributed by atoms with Crippen LogP contribution in [0.1, 0.15) is 21.7 Å². The predicted molar refractivity (Wildman–Crippen MR) is 103 cm³/mol. The number of thioether (sulfide) groups is 1. The maximum absolute atomic E-state index is 12.0. The van der Waals surface area contributed by atoms with Crippen LogP contribution in [0.3, 0.4) is 0 Å². The Morgan fingerprint density at radius 3 is 2.33 bits per heavy atom. The van der Waals surface area contributed by atoms with E-state index in [1.54, 1.807) is 24.3 Å². The number of hydrogen-bond donors (Lipinski definition) is 2. The molecule has 138 valence electrons. The fourth-order valence-corrected chi connectivity index (χ4v) is 3.15. The molecular weight excluding hydrogens is 362 g/mol. The number of aromatic nitrogens is 3. The number of benzene rings is 2. The molecule has 1 aromatic heterocycles. The Morgan fingerprint density at radius 1 is 0.963 bits per heavy atom. The summed E-state index contributed by atoms with van der Waals surface area (Å²) in [6, 6.07) is 18.7. The Kier molecular flexibility index (Phi) is 6.22. The van der Waals surface area contributed by atoms with E-state index in [1.807, 2.05) is 47.9 Å². The maximum atomic E-state index is 12.0. The number of carbonyl (C=O) groups is 2. The number of hydrazine groups is 1. The summed E-state index contributed by atoms with van der Waals surface area (Å²) in [5, 5.41) is 8.88. The van der Waals surface area contributed by atoms with Crippen molar-refractivity contribution in [2.24, 2.45) is 0 Å². The molecule has 2 N–H and O–H groups in total. The zero-order chi connectivity index (χ0) is 19.1. The number of nitrogens with one attached hydrogen (secondary N) is 2. The summed E-state index contributed by atoms with van der Waals surface area (Å²) in [4.78, 5) is 23.9. The SMILES string of the molecule is Cc1nnc(SCC(=O)NNC(=O)c2ccccc2)n1Cc1ccccc1. The standard InChI is InChI=1S/C19H19N5O2S/c1-14-20-23-19(24(14)12-15-8-4-2-5-9-15)27-13-17(25)21-22-18(26)16-10-6-3-7-11-16/h2-11H,12-13H2,1H3,(H,21,25)(H,22,26). The van der Waals surface area contributed by atoms with Crippen molar-refractivity contribution in [2.75, 3.05) is 5.75 Å². The Labute approximate surface area is 161 Å². The van der Waals surface area contributed by atoms with Crippen LogP contribution in [0.2, 0.25) is 0 Å². The molecule has 1 heterocycles. The van der Waals surface area contributed by atoms with E-state index in [2.05, 4.69) is 21.0 Å². The zero-order valence-corrected chi connectivity index (χ0v) is 15.6. The quantitative estimate of drug-likeness (QED) is 0.505. The van der Waals surface area contributed by atoms with Crippen LogP contribution < -0.4 is 10.9 Å². The van der Waals surface area contributed by atoms with Gasteiger partial charge in [0.25, 0.3) is 5.91 Å². The number of amides is 2. The minimum Gasteiger partial charge on any atom is -0.302 e. The van der Waals surface area contributed by atoms with Crippen molar-refractivity contribution in [3.8, 4) is 0 Å². The van der Waals surface area contributed by atoms with Crippen LogP contribution in [0.25, 0.3) is 0 Å². The van der Waals surface area contributed by atoms with Crippen LogP contribution in [0, 0.1) is 6.92 Å². The third-order valence-electron chi connectivity index (χ3n) is 3.77. The molecule has 0 radical (unpaired) electrons. The highest BCUT2D eigenvalue weighted by Gasteiger charge is 2.13. The van der Waals surface area contributed by atoms with Gasteiger partial charge >= 0.3 is 0 Å². The van der Waals surface area contributed by atoms with Gasteiger partial charge < -0.3 is 4.57 Å². The van der Waals surface area contributed by atoms with Gasteiger partial charge in [0.2, 0.25) is 5.91 Å². The smallest absolute Gasteiger partial charge is 0.269 e. The van der Waals surface area contributed by atoms with Crippen LogP contribution in [0.15, 0.2) is 65.8 Å². The maximum Gasteiger partial charge on any atom is 0.269 e. The minimum atomic E-state index is -0.364. The van der Waals surface area contributed by atoms with E-state index in [4.69, 9.17) is 0 Å². The molecule has 3 aromatic rings. The molecule has 0 atom stereocenters. The lowest BCUT2D eigenvalue weighted by Gasteiger charge is -2.09. The summed E-state index contributed by atoms with van der Waals surface area (Å²) < 4.78 is 1.95. The first-order valence-electron chi connectivity index (χ1n) is 8.34. The normalized spacial score (nSPS) is 10.4. The fourth-order valence-electron chi connectivity index (χ4n) is 2.37. The second-order valence-electron chi connectivity index (χ2n) is 5.76. The molecule has 7 nitrogen and oxygen atoms in total. The van der Waals surface area contributed by atoms with Crippen molar-refractivity contribution in [2.45, 2.75) is 18.6 Å². The molecule has 0 bridgehead atoms. The van der Waals surface area contributed by atoms with Gasteiger partial charge in [-0.2, -0.15) is 0 Å². The van der Waals surface area contributed by atoms with Gasteiger partial charge in [0.1, 0.15) is 5.82 Å². The largest absolute Gasteiger partial charge is 0.302 e. The first-order chi connectivity index (χ1) is 13.1. The van der Waals surface area contributed by atoms with Gasteiger partial charge in [0, 0.05) is 5.56 Å². The van der Waals surface area contributed by atoms with Crippen LogP contribution in [-0.2, 0) is 11.3 Å². The first kappa shape index (κ1) is 18.7. The Bertz CT molecular complexity index is 912. The molecule has 0 saturated heterocycles. The molecule has 8 heteroatoms. The molecule has 0 spiro atoms. The summed E-state index contributed by atoms with van der Waals surface area (Å²) in [6.45, 7) is 2.51. The summed E-state index contributed by atoms with van der Waals surface area (Å²) in [7, 11) is 0. The van der Waals surface area contributed by atoms with Crippen LogP contribution >= 0.6 is 11.8 Å². The molecule has 2 aromatic carbocycles. The molecule has 3 rings (SSSR count). The second-order valence-corrected chi connectivity index (χ2v) is 6.70. The zero-order valence-electron chi connectivity index (χ0n) is 14.8. The van der Waals surface area contributed by atoms with Crippen LogP contribution in [0.5, 0.6) is 0 Å². The number of rotatable bonds is 6. The van der Waals surface area contributed by atoms with Crippen molar-refractivity contribution < 1.29 is 9.59 Å². The number of carbonyl (C=O) groups excluding carboxylic acids is 2. The van der Waals surface area contributed by atoms with Gasteiger partial charge in [0.15, 0.2) is 5.16 Å². The molecule has 2 amide bonds. The molecule has 0 fully saturated rings. The third-order valence-corrected chi connectivity index (χ3v) is 4.74. The topological polar surface area (TPSA) is 88.9 Å². The van der Waals surface area contributed by atoms with E-state index in [9.17, 15) is 9.59 Å². The van der Waals surface area contributed by atoms with E-state index in [0.717, 1.165) is 11.4 Å². The Hall–Kier alpha value is -3.13. The number of hydrogen-bond acceptors (Lipinski definition) is 5. The Balaban J connectivity index is 1.53. The van der Waals surface area contributed by atoms with Crippen molar-refractivity contribution in [1.29, 1.82) is 0 Å². The van der Waals surface area contributed by atoms with Gasteiger partial charge in [-0.15, -0.1) is 10.2 Å². The van der Waals surface area contributed by atoms with E-state index >= 15 is 0 Å².